The molecule has 2 rings (SSSR count). The fourth-order valence-electron chi connectivity index (χ4n) is 1.49. The normalized spacial score (nSPS) is 12.3. The summed E-state index contributed by atoms with van der Waals surface area (Å²) in [5.41, 5.74) is 1.13. The molecule has 1 aromatic heterocycles. The van der Waals surface area contributed by atoms with E-state index in [2.05, 4.69) is 14.7 Å². The Morgan fingerprint density at radius 1 is 1.33 bits per heavy atom. The van der Waals surface area contributed by atoms with Crippen LogP contribution in [0.4, 0.5) is 13.2 Å². The molecule has 0 saturated heterocycles. The van der Waals surface area contributed by atoms with E-state index >= 15 is 0 Å². The third kappa shape index (κ3) is 3.10. The third-order valence-electron chi connectivity index (χ3n) is 2.07. The first-order valence-corrected chi connectivity index (χ1v) is 6.12. The summed E-state index contributed by atoms with van der Waals surface area (Å²) in [6, 6.07) is 2.91. The molecule has 0 aliphatic carbocycles. The van der Waals surface area contributed by atoms with Crippen LogP contribution in [0, 0.1) is 0 Å². The maximum absolute atomic E-state index is 12.3. The van der Waals surface area contributed by atoms with Gasteiger partial charge in [0.15, 0.2) is 0 Å². The zero-order valence-corrected chi connectivity index (χ0v) is 10.5. The minimum absolute atomic E-state index is 0.150. The van der Waals surface area contributed by atoms with Crippen molar-refractivity contribution < 1.29 is 17.9 Å². The summed E-state index contributed by atoms with van der Waals surface area (Å²) < 4.78 is 41.0. The van der Waals surface area contributed by atoms with E-state index in [1.54, 1.807) is 6.07 Å². The van der Waals surface area contributed by atoms with Gasteiger partial charge >= 0.3 is 6.36 Å². The highest BCUT2D eigenvalue weighted by Gasteiger charge is 2.32. The molecule has 0 fully saturated rings. The van der Waals surface area contributed by atoms with Gasteiger partial charge in [-0.2, -0.15) is 0 Å². The highest BCUT2D eigenvalue weighted by atomic mass is 32.2. The Bertz CT molecular complexity index is 551. The van der Waals surface area contributed by atoms with Crippen molar-refractivity contribution in [1.29, 1.82) is 0 Å². The van der Waals surface area contributed by atoms with E-state index in [0.29, 0.717) is 15.9 Å². The molecule has 3 nitrogen and oxygen atoms in total. The minimum Gasteiger partial charge on any atom is -0.405 e. The smallest absolute Gasteiger partial charge is 0.405 e. The maximum atomic E-state index is 12.3. The summed E-state index contributed by atoms with van der Waals surface area (Å²) in [6.45, 7) is 3.80. The summed E-state index contributed by atoms with van der Waals surface area (Å²) in [5.74, 6) is -0.196. The molecule has 2 aromatic rings. The summed E-state index contributed by atoms with van der Waals surface area (Å²) >= 11 is 1.31. The molecule has 0 unspecified atom stereocenters. The Morgan fingerprint density at radius 2 is 2.06 bits per heavy atom. The van der Waals surface area contributed by atoms with Crippen molar-refractivity contribution in [2.24, 2.45) is 0 Å². The van der Waals surface area contributed by atoms with Crippen LogP contribution in [0.5, 0.6) is 5.75 Å². The number of fused-ring (bicyclic) bond motifs is 1. The number of alkyl halides is 3. The van der Waals surface area contributed by atoms with Gasteiger partial charge in [0, 0.05) is 11.3 Å². The molecule has 0 amide bonds. The lowest BCUT2D eigenvalue weighted by Crippen LogP contribution is -2.17. The van der Waals surface area contributed by atoms with E-state index in [-0.39, 0.29) is 11.0 Å². The predicted molar refractivity (Wildman–Crippen MR) is 63.8 cm³/mol. The quantitative estimate of drug-likeness (QED) is 0.862. The molecule has 0 aliphatic heterocycles. The van der Waals surface area contributed by atoms with Gasteiger partial charge in [-0.3, -0.25) is 0 Å². The SMILES string of the molecule is CC(C)Sc1cc2nc[nH]c2cc1OC(F)(F)F. The number of thioether (sulfide) groups is 1. The van der Waals surface area contributed by atoms with Gasteiger partial charge < -0.3 is 9.72 Å². The highest BCUT2D eigenvalue weighted by molar-refractivity contribution is 8.00. The van der Waals surface area contributed by atoms with Gasteiger partial charge in [-0.15, -0.1) is 24.9 Å². The number of halogens is 3. The number of hydrogen-bond acceptors (Lipinski definition) is 3. The Labute approximate surface area is 106 Å². The first-order chi connectivity index (χ1) is 8.35. The number of rotatable bonds is 3. The number of ether oxygens (including phenoxy) is 1. The van der Waals surface area contributed by atoms with Crippen LogP contribution in [-0.2, 0) is 0 Å². The van der Waals surface area contributed by atoms with Crippen LogP contribution >= 0.6 is 11.8 Å². The van der Waals surface area contributed by atoms with Crippen molar-refractivity contribution in [1.82, 2.24) is 9.97 Å². The first kappa shape index (κ1) is 13.1. The number of nitrogens with one attached hydrogen (secondary N) is 1. The second-order valence-corrected chi connectivity index (χ2v) is 5.55. The number of imidazole rings is 1. The molecule has 18 heavy (non-hydrogen) atoms. The van der Waals surface area contributed by atoms with Gasteiger partial charge in [0.25, 0.3) is 0 Å². The Hall–Kier alpha value is -1.37. The van der Waals surface area contributed by atoms with Crippen molar-refractivity contribution in [2.45, 2.75) is 30.4 Å². The molecule has 0 bridgehead atoms. The lowest BCUT2D eigenvalue weighted by molar-refractivity contribution is -0.275. The maximum Gasteiger partial charge on any atom is 0.573 e. The van der Waals surface area contributed by atoms with Gasteiger partial charge in [0.1, 0.15) is 5.75 Å². The number of benzene rings is 1. The molecule has 1 aromatic carbocycles. The van der Waals surface area contributed by atoms with E-state index in [9.17, 15) is 13.2 Å². The summed E-state index contributed by atoms with van der Waals surface area (Å²) in [7, 11) is 0. The topological polar surface area (TPSA) is 37.9 Å². The number of H-pyrrole nitrogens is 1. The first-order valence-electron chi connectivity index (χ1n) is 5.24. The van der Waals surface area contributed by atoms with E-state index < -0.39 is 6.36 Å². The molecular formula is C11H11F3N2OS. The van der Waals surface area contributed by atoms with Gasteiger partial charge in [-0.25, -0.2) is 4.98 Å². The van der Waals surface area contributed by atoms with Gasteiger partial charge in [-0.1, -0.05) is 13.8 Å². The largest absolute Gasteiger partial charge is 0.573 e. The standard InChI is InChI=1S/C11H11F3N2OS/c1-6(2)18-10-4-8-7(15-5-16-8)3-9(10)17-11(12,13)14/h3-6H,1-2H3,(H,15,16). The van der Waals surface area contributed by atoms with E-state index in [0.717, 1.165) is 0 Å². The molecule has 98 valence electrons. The fraction of sp³-hybridized carbons (Fsp3) is 0.364. The second kappa shape index (κ2) is 4.72. The monoisotopic (exact) mass is 276 g/mol. The van der Waals surface area contributed by atoms with Crippen LogP contribution in [0.2, 0.25) is 0 Å². The zero-order chi connectivity index (χ0) is 13.3. The fourth-order valence-corrected chi connectivity index (χ4v) is 2.40. The number of nitrogens with zero attached hydrogens (tertiary/aromatic N) is 1. The van der Waals surface area contributed by atoms with E-state index in [1.165, 1.54) is 24.2 Å². The molecule has 0 spiro atoms. The van der Waals surface area contributed by atoms with E-state index in [1.807, 2.05) is 13.8 Å². The van der Waals surface area contributed by atoms with Crippen LogP contribution in [0.25, 0.3) is 11.0 Å². The average Bonchev–Trinajstić information content (AvgIpc) is 2.61. The predicted octanol–water partition coefficient (Wildman–Crippen LogP) is 3.96. The van der Waals surface area contributed by atoms with Crippen LogP contribution in [0.3, 0.4) is 0 Å². The zero-order valence-electron chi connectivity index (χ0n) is 9.71. The van der Waals surface area contributed by atoms with Crippen molar-refractivity contribution in [2.75, 3.05) is 0 Å². The van der Waals surface area contributed by atoms with Gasteiger partial charge in [0.05, 0.1) is 22.3 Å². The van der Waals surface area contributed by atoms with Crippen molar-refractivity contribution in [3.8, 4) is 5.75 Å². The minimum atomic E-state index is -4.69. The Morgan fingerprint density at radius 3 is 2.67 bits per heavy atom. The Kier molecular flexibility index (Phi) is 3.43. The van der Waals surface area contributed by atoms with Crippen LogP contribution in [0.15, 0.2) is 23.4 Å². The highest BCUT2D eigenvalue weighted by Crippen LogP contribution is 2.37. The molecule has 0 saturated carbocycles. The summed E-state index contributed by atoms with van der Waals surface area (Å²) in [6.07, 6.45) is -3.26. The van der Waals surface area contributed by atoms with Crippen LogP contribution in [-0.4, -0.2) is 21.6 Å². The van der Waals surface area contributed by atoms with Crippen molar-refractivity contribution in [3.05, 3.63) is 18.5 Å². The average molecular weight is 276 g/mol. The molecule has 0 atom stereocenters. The third-order valence-corrected chi connectivity index (χ3v) is 3.12. The number of hydrogen-bond donors (Lipinski definition) is 1. The molecule has 0 aliphatic rings. The molecule has 0 radical (unpaired) electrons. The molecular weight excluding hydrogens is 265 g/mol. The number of aromatic amines is 1. The molecule has 7 heteroatoms. The van der Waals surface area contributed by atoms with E-state index in [4.69, 9.17) is 0 Å². The van der Waals surface area contributed by atoms with Gasteiger partial charge in [-0.05, 0) is 6.07 Å². The van der Waals surface area contributed by atoms with Crippen LogP contribution < -0.4 is 4.74 Å². The summed E-state index contributed by atoms with van der Waals surface area (Å²) in [5, 5.41) is 0.150. The van der Waals surface area contributed by atoms with Crippen molar-refractivity contribution >= 4 is 22.8 Å². The summed E-state index contributed by atoms with van der Waals surface area (Å²) in [4.78, 5) is 7.21. The van der Waals surface area contributed by atoms with Gasteiger partial charge in [0.2, 0.25) is 0 Å². The van der Waals surface area contributed by atoms with Crippen molar-refractivity contribution in [3.63, 3.8) is 0 Å². The lowest BCUT2D eigenvalue weighted by atomic mass is 10.3. The molecule has 1 heterocycles. The van der Waals surface area contributed by atoms with Crippen LogP contribution in [0.1, 0.15) is 13.8 Å². The molecule has 1 N–H and O–H groups in total. The lowest BCUT2D eigenvalue weighted by Gasteiger charge is -2.14. The Balaban J connectivity index is 2.45. The second-order valence-electron chi connectivity index (χ2n) is 3.93. The number of aromatic nitrogens is 2.